The van der Waals surface area contributed by atoms with E-state index >= 15 is 0 Å². The average Bonchev–Trinajstić information content (AvgIpc) is 2.62. The van der Waals surface area contributed by atoms with Crippen LogP contribution in [0.4, 0.5) is 24.7 Å². The van der Waals surface area contributed by atoms with E-state index in [4.69, 9.17) is 4.74 Å². The number of hydrogen-bond donors (Lipinski definition) is 1. The van der Waals surface area contributed by atoms with Crippen LogP contribution in [0.3, 0.4) is 0 Å². The van der Waals surface area contributed by atoms with E-state index < -0.39 is 17.6 Å². The number of halogens is 3. The fourth-order valence-electron chi connectivity index (χ4n) is 2.51. The Kier molecular flexibility index (Phi) is 4.89. The molecular weight excluding hydrogens is 335 g/mol. The Bertz CT molecular complexity index is 724. The number of hydrogen-bond acceptors (Lipinski definition) is 3. The third-order valence-corrected chi connectivity index (χ3v) is 3.88. The number of benzene rings is 1. The minimum absolute atomic E-state index is 0.158. The number of morpholine rings is 1. The van der Waals surface area contributed by atoms with Crippen LogP contribution >= 0.6 is 0 Å². The quantitative estimate of drug-likeness (QED) is 0.924. The van der Waals surface area contributed by atoms with E-state index in [-0.39, 0.29) is 5.56 Å². The number of pyridine rings is 1. The Balaban J connectivity index is 1.64. The SMILES string of the molecule is O=C(Nc1ccc(N2CCOCC2)[nH+]c1)c1ccc(C(F)(F)F)cc1. The maximum atomic E-state index is 12.5. The van der Waals surface area contributed by atoms with Gasteiger partial charge in [0, 0.05) is 11.6 Å². The Morgan fingerprint density at radius 3 is 2.32 bits per heavy atom. The molecule has 1 saturated heterocycles. The van der Waals surface area contributed by atoms with Gasteiger partial charge in [-0.3, -0.25) is 9.69 Å². The number of rotatable bonds is 3. The van der Waals surface area contributed by atoms with Crippen LogP contribution in [0.25, 0.3) is 0 Å². The van der Waals surface area contributed by atoms with Crippen LogP contribution in [0.15, 0.2) is 42.6 Å². The smallest absolute Gasteiger partial charge is 0.373 e. The molecule has 1 aliphatic heterocycles. The van der Waals surface area contributed by atoms with Crippen molar-refractivity contribution in [3.05, 3.63) is 53.7 Å². The van der Waals surface area contributed by atoms with Crippen LogP contribution in [-0.2, 0) is 10.9 Å². The fourth-order valence-corrected chi connectivity index (χ4v) is 2.51. The molecule has 0 aliphatic carbocycles. The van der Waals surface area contributed by atoms with Gasteiger partial charge in [0.25, 0.3) is 11.7 Å². The zero-order valence-corrected chi connectivity index (χ0v) is 13.3. The minimum atomic E-state index is -4.42. The summed E-state index contributed by atoms with van der Waals surface area (Å²) in [6, 6.07) is 7.68. The van der Waals surface area contributed by atoms with Gasteiger partial charge in [-0.2, -0.15) is 13.2 Å². The molecular formula is C17H17F3N3O2+. The molecule has 0 saturated carbocycles. The lowest BCUT2D eigenvalue weighted by Gasteiger charge is -2.21. The van der Waals surface area contributed by atoms with Crippen LogP contribution < -0.4 is 15.2 Å². The summed E-state index contributed by atoms with van der Waals surface area (Å²) >= 11 is 0. The number of amides is 1. The van der Waals surface area contributed by atoms with Crippen LogP contribution in [-0.4, -0.2) is 32.2 Å². The summed E-state index contributed by atoms with van der Waals surface area (Å²) in [6.07, 6.45) is -2.77. The normalized spacial score (nSPS) is 15.1. The first-order valence-electron chi connectivity index (χ1n) is 7.76. The van der Waals surface area contributed by atoms with Crippen LogP contribution in [0.2, 0.25) is 0 Å². The topological polar surface area (TPSA) is 55.7 Å². The predicted octanol–water partition coefficient (Wildman–Crippen LogP) is 2.61. The van der Waals surface area contributed by atoms with Gasteiger partial charge >= 0.3 is 6.18 Å². The number of nitrogens with zero attached hydrogens (tertiary/aromatic N) is 1. The third kappa shape index (κ3) is 4.27. The lowest BCUT2D eigenvalue weighted by Crippen LogP contribution is -2.39. The number of nitrogens with one attached hydrogen (secondary N) is 2. The Morgan fingerprint density at radius 2 is 1.76 bits per heavy atom. The molecule has 0 spiro atoms. The second-order valence-electron chi connectivity index (χ2n) is 5.59. The first-order valence-corrected chi connectivity index (χ1v) is 7.76. The highest BCUT2D eigenvalue weighted by molar-refractivity contribution is 6.04. The second-order valence-corrected chi connectivity index (χ2v) is 5.59. The number of H-pyrrole nitrogens is 1. The third-order valence-electron chi connectivity index (χ3n) is 3.88. The summed E-state index contributed by atoms with van der Waals surface area (Å²) in [6.45, 7) is 2.90. The predicted molar refractivity (Wildman–Crippen MR) is 85.4 cm³/mol. The second kappa shape index (κ2) is 7.10. The van der Waals surface area contributed by atoms with Gasteiger partial charge in [-0.25, -0.2) is 4.98 Å². The van der Waals surface area contributed by atoms with E-state index in [9.17, 15) is 18.0 Å². The maximum Gasteiger partial charge on any atom is 0.416 e. The molecule has 2 N–H and O–H groups in total. The molecule has 5 nitrogen and oxygen atoms in total. The van der Waals surface area contributed by atoms with Crippen molar-refractivity contribution >= 4 is 17.4 Å². The molecule has 2 heterocycles. The molecule has 0 radical (unpaired) electrons. The molecule has 3 rings (SSSR count). The Labute approximate surface area is 142 Å². The highest BCUT2D eigenvalue weighted by Gasteiger charge is 2.30. The van der Waals surface area contributed by atoms with Gasteiger partial charge in [0.1, 0.15) is 19.3 Å². The van der Waals surface area contributed by atoms with E-state index in [0.717, 1.165) is 43.2 Å². The highest BCUT2D eigenvalue weighted by atomic mass is 19.4. The molecule has 8 heteroatoms. The number of aromatic nitrogens is 1. The lowest BCUT2D eigenvalue weighted by atomic mass is 10.1. The fraction of sp³-hybridized carbons (Fsp3) is 0.294. The van der Waals surface area contributed by atoms with E-state index in [0.29, 0.717) is 18.9 Å². The zero-order valence-electron chi connectivity index (χ0n) is 13.3. The Hall–Kier alpha value is -2.61. The molecule has 132 valence electrons. The van der Waals surface area contributed by atoms with Crippen molar-refractivity contribution in [3.63, 3.8) is 0 Å². The molecule has 25 heavy (non-hydrogen) atoms. The van der Waals surface area contributed by atoms with E-state index in [1.54, 1.807) is 12.3 Å². The standard InChI is InChI=1S/C17H16F3N3O2/c18-17(19,20)13-3-1-12(2-4-13)16(24)22-14-5-6-15(21-11-14)23-7-9-25-10-8-23/h1-6,11H,7-10H2,(H,22,24)/p+1. The van der Waals surface area contributed by atoms with Gasteiger partial charge in [-0.15, -0.1) is 0 Å². The molecule has 1 amide bonds. The molecule has 1 aromatic heterocycles. The van der Waals surface area contributed by atoms with Crippen LogP contribution in [0, 0.1) is 0 Å². The van der Waals surface area contributed by atoms with Crippen LogP contribution in [0.1, 0.15) is 15.9 Å². The van der Waals surface area contributed by atoms with Gasteiger partial charge in [0.05, 0.1) is 24.5 Å². The van der Waals surface area contributed by atoms with Gasteiger partial charge in [-0.1, -0.05) is 0 Å². The minimum Gasteiger partial charge on any atom is -0.373 e. The summed E-state index contributed by atoms with van der Waals surface area (Å²) in [5.74, 6) is 0.442. The van der Waals surface area contributed by atoms with E-state index in [1.807, 2.05) is 6.07 Å². The van der Waals surface area contributed by atoms with Crippen LogP contribution in [0.5, 0.6) is 0 Å². The van der Waals surface area contributed by atoms with Crippen molar-refractivity contribution in [2.24, 2.45) is 0 Å². The first-order chi connectivity index (χ1) is 11.9. The molecule has 1 aliphatic rings. The van der Waals surface area contributed by atoms with Crippen molar-refractivity contribution in [1.29, 1.82) is 0 Å². The first kappa shape index (κ1) is 17.2. The zero-order chi connectivity index (χ0) is 17.9. The molecule has 2 aromatic rings. The van der Waals surface area contributed by atoms with Crippen molar-refractivity contribution in [1.82, 2.24) is 0 Å². The van der Waals surface area contributed by atoms with Crippen molar-refractivity contribution < 1.29 is 27.7 Å². The summed E-state index contributed by atoms with van der Waals surface area (Å²) < 4.78 is 42.9. The number of anilines is 2. The van der Waals surface area contributed by atoms with Crippen molar-refractivity contribution in [3.8, 4) is 0 Å². The highest BCUT2D eigenvalue weighted by Crippen LogP contribution is 2.29. The summed E-state index contributed by atoms with van der Waals surface area (Å²) in [5.41, 5.74) is -0.0978. The number of alkyl halides is 3. The average molecular weight is 352 g/mol. The van der Waals surface area contributed by atoms with E-state index in [2.05, 4.69) is 15.2 Å². The summed E-state index contributed by atoms with van der Waals surface area (Å²) in [7, 11) is 0. The molecule has 0 unspecified atom stereocenters. The number of carbonyl (C=O) groups excluding carboxylic acids is 1. The van der Waals surface area contributed by atoms with Gasteiger partial charge in [-0.05, 0) is 30.3 Å². The summed E-state index contributed by atoms with van der Waals surface area (Å²) in [4.78, 5) is 17.4. The lowest BCUT2D eigenvalue weighted by molar-refractivity contribution is -0.363. The number of carbonyl (C=O) groups is 1. The number of ether oxygens (including phenoxy) is 1. The largest absolute Gasteiger partial charge is 0.416 e. The van der Waals surface area contributed by atoms with Gasteiger partial charge in [0.2, 0.25) is 0 Å². The summed E-state index contributed by atoms with van der Waals surface area (Å²) in [5, 5.41) is 2.65. The van der Waals surface area contributed by atoms with Gasteiger partial charge < -0.3 is 10.1 Å². The van der Waals surface area contributed by atoms with Crippen molar-refractivity contribution in [2.75, 3.05) is 36.5 Å². The molecule has 0 bridgehead atoms. The molecule has 1 aromatic carbocycles. The number of aromatic amines is 1. The maximum absolute atomic E-state index is 12.5. The molecule has 1 fully saturated rings. The van der Waals surface area contributed by atoms with Crippen molar-refractivity contribution in [2.45, 2.75) is 6.18 Å². The Morgan fingerprint density at radius 1 is 1.08 bits per heavy atom. The molecule has 0 atom stereocenters. The van der Waals surface area contributed by atoms with Gasteiger partial charge in [0.15, 0.2) is 0 Å². The monoisotopic (exact) mass is 352 g/mol. The van der Waals surface area contributed by atoms with E-state index in [1.165, 1.54) is 0 Å².